The summed E-state index contributed by atoms with van der Waals surface area (Å²) >= 11 is 0. The van der Waals surface area contributed by atoms with Gasteiger partial charge in [-0.15, -0.1) is 6.58 Å². The highest BCUT2D eigenvalue weighted by Crippen LogP contribution is 2.30. The van der Waals surface area contributed by atoms with Crippen molar-refractivity contribution in [2.24, 2.45) is 5.92 Å². The molecule has 0 heterocycles. The molecule has 1 heteroatoms. The first kappa shape index (κ1) is 25.0. The van der Waals surface area contributed by atoms with Crippen LogP contribution in [0.4, 0.5) is 5.69 Å². The van der Waals surface area contributed by atoms with Crippen molar-refractivity contribution in [3.63, 3.8) is 0 Å². The molecule has 0 amide bonds. The van der Waals surface area contributed by atoms with Crippen LogP contribution in [0.1, 0.15) is 83.8 Å². The normalized spacial score (nSPS) is 11.9. The lowest BCUT2D eigenvalue weighted by atomic mass is 9.86. The molecule has 0 bridgehead atoms. The van der Waals surface area contributed by atoms with Crippen LogP contribution in [0.2, 0.25) is 0 Å². The molecule has 0 radical (unpaired) electrons. The Morgan fingerprint density at radius 2 is 1.37 bits per heavy atom. The first-order valence-corrected chi connectivity index (χ1v) is 10.6. The van der Waals surface area contributed by atoms with E-state index in [2.05, 4.69) is 62.9 Å². The molecule has 2 aromatic rings. The minimum absolute atomic E-state index is 0.485. The molecule has 2 unspecified atom stereocenters. The third-order valence-electron chi connectivity index (χ3n) is 4.68. The van der Waals surface area contributed by atoms with E-state index in [-0.39, 0.29) is 0 Å². The Hall–Kier alpha value is -2.02. The maximum atomic E-state index is 5.84. The van der Waals surface area contributed by atoms with Gasteiger partial charge in [0.25, 0.3) is 0 Å². The van der Waals surface area contributed by atoms with E-state index in [9.17, 15) is 0 Å². The molecule has 2 atom stereocenters. The number of nitrogen functional groups attached to an aromatic ring is 1. The van der Waals surface area contributed by atoms with Crippen LogP contribution in [-0.2, 0) is 0 Å². The van der Waals surface area contributed by atoms with Crippen molar-refractivity contribution in [1.29, 1.82) is 0 Å². The van der Waals surface area contributed by atoms with Crippen molar-refractivity contribution in [3.05, 3.63) is 78.4 Å². The number of allylic oxidation sites excluding steroid dienone is 1. The Labute approximate surface area is 168 Å². The van der Waals surface area contributed by atoms with Gasteiger partial charge < -0.3 is 5.73 Å². The Morgan fingerprint density at radius 3 is 1.89 bits per heavy atom. The lowest BCUT2D eigenvalue weighted by Gasteiger charge is -2.19. The van der Waals surface area contributed by atoms with E-state index in [1.54, 1.807) is 6.08 Å². The summed E-state index contributed by atoms with van der Waals surface area (Å²) in [6, 6.07) is 19.3. The summed E-state index contributed by atoms with van der Waals surface area (Å²) in [5, 5.41) is 0. The van der Waals surface area contributed by atoms with Gasteiger partial charge in [0.05, 0.1) is 0 Å². The predicted molar refractivity (Wildman–Crippen MR) is 124 cm³/mol. The van der Waals surface area contributed by atoms with E-state index in [0.717, 1.165) is 11.6 Å². The van der Waals surface area contributed by atoms with Crippen LogP contribution >= 0.6 is 0 Å². The minimum atomic E-state index is 0.485. The maximum Gasteiger partial charge on any atom is 0.0314 e. The summed E-state index contributed by atoms with van der Waals surface area (Å²) in [7, 11) is 0. The number of hydrogen-bond donors (Lipinski definition) is 1. The molecule has 0 spiro atoms. The number of benzene rings is 2. The zero-order valence-corrected chi connectivity index (χ0v) is 18.2. The summed E-state index contributed by atoms with van der Waals surface area (Å²) in [5.74, 6) is 1.34. The largest absolute Gasteiger partial charge is 0.399 e. The van der Waals surface area contributed by atoms with E-state index < -0.39 is 0 Å². The number of hydrogen-bond acceptors (Lipinski definition) is 1. The van der Waals surface area contributed by atoms with Crippen LogP contribution in [0.15, 0.2) is 67.3 Å². The van der Waals surface area contributed by atoms with Crippen molar-refractivity contribution in [2.45, 2.75) is 72.6 Å². The molecular formula is C26H41N. The maximum absolute atomic E-state index is 5.84. The van der Waals surface area contributed by atoms with Gasteiger partial charge in [-0.25, -0.2) is 0 Å². The predicted octanol–water partition coefficient (Wildman–Crippen LogP) is 8.23. The summed E-state index contributed by atoms with van der Waals surface area (Å²) in [5.41, 5.74) is 9.47. The smallest absolute Gasteiger partial charge is 0.0314 e. The van der Waals surface area contributed by atoms with Crippen LogP contribution in [0.25, 0.3) is 0 Å². The molecule has 150 valence electrons. The molecule has 0 aliphatic carbocycles. The lowest BCUT2D eigenvalue weighted by Crippen LogP contribution is -2.02. The Balaban J connectivity index is 0.00000123. The topological polar surface area (TPSA) is 26.0 Å². The van der Waals surface area contributed by atoms with Gasteiger partial charge in [-0.2, -0.15) is 0 Å². The van der Waals surface area contributed by atoms with Crippen LogP contribution in [0, 0.1) is 5.92 Å². The van der Waals surface area contributed by atoms with Crippen molar-refractivity contribution in [3.8, 4) is 0 Å². The van der Waals surface area contributed by atoms with Crippen molar-refractivity contribution in [2.75, 3.05) is 5.73 Å². The summed E-state index contributed by atoms with van der Waals surface area (Å²) < 4.78 is 0. The fourth-order valence-electron chi connectivity index (χ4n) is 2.98. The number of rotatable bonds is 8. The summed E-state index contributed by atoms with van der Waals surface area (Å²) in [6.07, 6.45) is 8.21. The zero-order valence-electron chi connectivity index (χ0n) is 18.2. The minimum Gasteiger partial charge on any atom is -0.399 e. The monoisotopic (exact) mass is 367 g/mol. The Bertz CT molecular complexity index is 571. The highest BCUT2D eigenvalue weighted by Gasteiger charge is 2.13. The first-order chi connectivity index (χ1) is 13.1. The second kappa shape index (κ2) is 16.2. The molecular weight excluding hydrogens is 326 g/mol. The molecule has 2 aromatic carbocycles. The average molecular weight is 368 g/mol. The van der Waals surface area contributed by atoms with Gasteiger partial charge in [0, 0.05) is 11.6 Å². The van der Waals surface area contributed by atoms with Crippen LogP contribution in [0.3, 0.4) is 0 Å². The van der Waals surface area contributed by atoms with Gasteiger partial charge in [-0.3, -0.25) is 0 Å². The Kier molecular flexibility index (Phi) is 15.0. The van der Waals surface area contributed by atoms with Gasteiger partial charge in [0.15, 0.2) is 0 Å². The van der Waals surface area contributed by atoms with E-state index in [1.165, 1.54) is 43.2 Å². The molecule has 2 N–H and O–H groups in total. The average Bonchev–Trinajstić information content (AvgIpc) is 2.71. The summed E-state index contributed by atoms with van der Waals surface area (Å²) in [6.45, 7) is 13.9. The van der Waals surface area contributed by atoms with Crippen LogP contribution < -0.4 is 5.73 Å². The fourth-order valence-corrected chi connectivity index (χ4v) is 2.98. The van der Waals surface area contributed by atoms with Crippen molar-refractivity contribution < 1.29 is 0 Å². The number of unbranched alkanes of at least 4 members (excludes halogenated alkanes) is 1. The molecule has 0 fully saturated rings. The molecule has 0 aromatic heterocycles. The number of nitrogens with two attached hydrogens (primary N) is 1. The van der Waals surface area contributed by atoms with Gasteiger partial charge >= 0.3 is 0 Å². The second-order valence-corrected chi connectivity index (χ2v) is 6.84. The third kappa shape index (κ3) is 10.7. The summed E-state index contributed by atoms with van der Waals surface area (Å²) in [4.78, 5) is 0. The third-order valence-corrected chi connectivity index (χ3v) is 4.68. The van der Waals surface area contributed by atoms with Crippen LogP contribution in [-0.4, -0.2) is 0 Å². The van der Waals surface area contributed by atoms with E-state index in [0.29, 0.717) is 5.92 Å². The SMILES string of the molecule is C=CC.CC.CCC(C)CCCCC(c1ccccc1)c1ccc(N)cc1. The second-order valence-electron chi connectivity index (χ2n) is 6.84. The van der Waals surface area contributed by atoms with Gasteiger partial charge in [0.1, 0.15) is 0 Å². The van der Waals surface area contributed by atoms with E-state index in [4.69, 9.17) is 5.73 Å². The van der Waals surface area contributed by atoms with Gasteiger partial charge in [0.2, 0.25) is 0 Å². The molecule has 27 heavy (non-hydrogen) atoms. The molecule has 0 aliphatic rings. The Morgan fingerprint density at radius 1 is 0.889 bits per heavy atom. The van der Waals surface area contributed by atoms with Gasteiger partial charge in [-0.1, -0.05) is 102 Å². The molecule has 0 aliphatic heterocycles. The standard InChI is InChI=1S/C21H29N.C3H6.C2H6/c1-3-17(2)9-7-8-12-21(18-10-5-4-6-11-18)19-13-15-20(22)16-14-19;1-3-2;1-2/h4-6,10-11,13-17,21H,3,7-9,12,22H2,1-2H3;3H,1H2,2H3;1-2H3. The first-order valence-electron chi connectivity index (χ1n) is 10.6. The highest BCUT2D eigenvalue weighted by atomic mass is 14.5. The van der Waals surface area contributed by atoms with Gasteiger partial charge in [-0.05, 0) is 42.5 Å². The zero-order chi connectivity index (χ0) is 20.5. The lowest BCUT2D eigenvalue weighted by molar-refractivity contribution is 0.472. The molecule has 2 rings (SSSR count). The van der Waals surface area contributed by atoms with Crippen LogP contribution in [0.5, 0.6) is 0 Å². The number of anilines is 1. The van der Waals surface area contributed by atoms with E-state index >= 15 is 0 Å². The molecule has 0 saturated carbocycles. The highest BCUT2D eigenvalue weighted by molar-refractivity contribution is 5.42. The fraction of sp³-hybridized carbons (Fsp3) is 0.462. The molecule has 0 saturated heterocycles. The van der Waals surface area contributed by atoms with Crippen molar-refractivity contribution >= 4 is 5.69 Å². The quantitative estimate of drug-likeness (QED) is 0.284. The molecule has 1 nitrogen and oxygen atoms in total. The van der Waals surface area contributed by atoms with Crippen molar-refractivity contribution in [1.82, 2.24) is 0 Å². The van der Waals surface area contributed by atoms with E-state index in [1.807, 2.05) is 32.9 Å².